The van der Waals surface area contributed by atoms with Crippen LogP contribution in [0.2, 0.25) is 0 Å². The van der Waals surface area contributed by atoms with Gasteiger partial charge in [-0.25, -0.2) is 0 Å². The topological polar surface area (TPSA) is 26.0 Å². The van der Waals surface area contributed by atoms with Gasteiger partial charge in [-0.2, -0.15) is 13.2 Å². The summed E-state index contributed by atoms with van der Waals surface area (Å²) in [7, 11) is 0. The van der Waals surface area contributed by atoms with Crippen molar-refractivity contribution in [2.24, 2.45) is 5.73 Å². The highest BCUT2D eigenvalue weighted by atomic mass is 19.4. The molecule has 0 fully saturated rings. The van der Waals surface area contributed by atoms with E-state index in [-0.39, 0.29) is 0 Å². The van der Waals surface area contributed by atoms with Crippen molar-refractivity contribution >= 4 is 0 Å². The minimum absolute atomic E-state index is 0.496. The van der Waals surface area contributed by atoms with Gasteiger partial charge in [-0.1, -0.05) is 6.07 Å². The quantitative estimate of drug-likeness (QED) is 0.827. The third-order valence-corrected chi connectivity index (χ3v) is 2.33. The first kappa shape index (κ1) is 12.0. The molecular formula is C11H14F3N. The SMILES string of the molecule is Cc1ccc(C(F)(F)F)cc1CCCN. The zero-order valence-corrected chi connectivity index (χ0v) is 8.56. The molecule has 0 radical (unpaired) electrons. The van der Waals surface area contributed by atoms with Crippen LogP contribution in [0.5, 0.6) is 0 Å². The van der Waals surface area contributed by atoms with Crippen LogP contribution < -0.4 is 5.73 Å². The Hall–Kier alpha value is -1.03. The number of hydrogen-bond acceptors (Lipinski definition) is 1. The Bertz CT molecular complexity index is 331. The molecular weight excluding hydrogens is 203 g/mol. The first-order valence-electron chi connectivity index (χ1n) is 4.82. The Balaban J connectivity index is 2.95. The largest absolute Gasteiger partial charge is 0.416 e. The molecule has 15 heavy (non-hydrogen) atoms. The predicted molar refractivity (Wildman–Crippen MR) is 53.6 cm³/mol. The van der Waals surface area contributed by atoms with Crippen molar-refractivity contribution in [3.05, 3.63) is 34.9 Å². The standard InChI is InChI=1S/C11H14F3N/c1-8-4-5-10(11(12,13)14)7-9(8)3-2-6-15/h4-5,7H,2-3,6,15H2,1H3. The summed E-state index contributed by atoms with van der Waals surface area (Å²) in [5.74, 6) is 0. The molecule has 84 valence electrons. The molecule has 0 saturated carbocycles. The molecule has 0 bridgehead atoms. The van der Waals surface area contributed by atoms with E-state index in [0.717, 1.165) is 17.2 Å². The van der Waals surface area contributed by atoms with Crippen molar-refractivity contribution < 1.29 is 13.2 Å². The van der Waals surface area contributed by atoms with Crippen molar-refractivity contribution in [2.45, 2.75) is 25.9 Å². The van der Waals surface area contributed by atoms with Gasteiger partial charge in [0.15, 0.2) is 0 Å². The second kappa shape index (κ2) is 4.66. The minimum Gasteiger partial charge on any atom is -0.330 e. The smallest absolute Gasteiger partial charge is 0.330 e. The first-order chi connectivity index (χ1) is 6.95. The van der Waals surface area contributed by atoms with Crippen molar-refractivity contribution in [3.63, 3.8) is 0 Å². The maximum Gasteiger partial charge on any atom is 0.416 e. The van der Waals surface area contributed by atoms with E-state index in [1.165, 1.54) is 12.1 Å². The van der Waals surface area contributed by atoms with Gasteiger partial charge in [0.1, 0.15) is 0 Å². The van der Waals surface area contributed by atoms with Crippen LogP contribution in [0.15, 0.2) is 18.2 Å². The Morgan fingerprint density at radius 3 is 2.47 bits per heavy atom. The summed E-state index contributed by atoms with van der Waals surface area (Å²) in [4.78, 5) is 0. The van der Waals surface area contributed by atoms with E-state index >= 15 is 0 Å². The summed E-state index contributed by atoms with van der Waals surface area (Å²) in [6, 6.07) is 3.83. The fraction of sp³-hybridized carbons (Fsp3) is 0.455. The van der Waals surface area contributed by atoms with Crippen LogP contribution in [0.4, 0.5) is 13.2 Å². The Morgan fingerprint density at radius 2 is 1.93 bits per heavy atom. The van der Waals surface area contributed by atoms with Gasteiger partial charge in [-0.15, -0.1) is 0 Å². The van der Waals surface area contributed by atoms with E-state index in [1.54, 1.807) is 0 Å². The number of halogens is 3. The fourth-order valence-corrected chi connectivity index (χ4v) is 1.41. The highest BCUT2D eigenvalue weighted by molar-refractivity contribution is 5.32. The first-order valence-corrected chi connectivity index (χ1v) is 4.82. The predicted octanol–water partition coefficient (Wildman–Crippen LogP) is 2.91. The molecule has 1 aromatic rings. The van der Waals surface area contributed by atoms with E-state index in [9.17, 15) is 13.2 Å². The number of rotatable bonds is 3. The Morgan fingerprint density at radius 1 is 1.27 bits per heavy atom. The molecule has 0 unspecified atom stereocenters. The Labute approximate surface area is 87.1 Å². The second-order valence-electron chi connectivity index (χ2n) is 3.53. The summed E-state index contributed by atoms with van der Waals surface area (Å²) in [5, 5.41) is 0. The van der Waals surface area contributed by atoms with Gasteiger partial charge < -0.3 is 5.73 Å². The number of alkyl halides is 3. The highest BCUT2D eigenvalue weighted by Gasteiger charge is 2.30. The van der Waals surface area contributed by atoms with Gasteiger partial charge in [-0.3, -0.25) is 0 Å². The van der Waals surface area contributed by atoms with Gasteiger partial charge in [0.2, 0.25) is 0 Å². The summed E-state index contributed by atoms with van der Waals surface area (Å²) in [6.45, 7) is 2.31. The molecule has 0 atom stereocenters. The fourth-order valence-electron chi connectivity index (χ4n) is 1.41. The molecule has 1 rings (SSSR count). The maximum absolute atomic E-state index is 12.4. The lowest BCUT2D eigenvalue weighted by atomic mass is 10.0. The molecule has 0 spiro atoms. The second-order valence-corrected chi connectivity index (χ2v) is 3.53. The van der Waals surface area contributed by atoms with Crippen LogP contribution in [-0.2, 0) is 12.6 Å². The number of benzene rings is 1. The zero-order valence-electron chi connectivity index (χ0n) is 8.56. The van der Waals surface area contributed by atoms with E-state index in [0.29, 0.717) is 19.4 Å². The van der Waals surface area contributed by atoms with E-state index in [1.807, 2.05) is 6.92 Å². The molecule has 0 heterocycles. The molecule has 1 aromatic carbocycles. The van der Waals surface area contributed by atoms with Gasteiger partial charge >= 0.3 is 6.18 Å². The molecule has 0 saturated heterocycles. The highest BCUT2D eigenvalue weighted by Crippen LogP contribution is 2.30. The number of aryl methyl sites for hydroxylation is 2. The van der Waals surface area contributed by atoms with Crippen LogP contribution in [0.3, 0.4) is 0 Å². The molecule has 0 aliphatic carbocycles. The van der Waals surface area contributed by atoms with Crippen LogP contribution in [0, 0.1) is 6.92 Å². The van der Waals surface area contributed by atoms with Gasteiger partial charge in [0.05, 0.1) is 5.56 Å². The normalized spacial score (nSPS) is 11.8. The van der Waals surface area contributed by atoms with Crippen LogP contribution in [-0.4, -0.2) is 6.54 Å². The van der Waals surface area contributed by atoms with E-state index in [2.05, 4.69) is 0 Å². The van der Waals surface area contributed by atoms with Gasteiger partial charge in [0.25, 0.3) is 0 Å². The molecule has 0 aromatic heterocycles. The summed E-state index contributed by atoms with van der Waals surface area (Å²) in [6.07, 6.45) is -2.94. The lowest BCUT2D eigenvalue weighted by Crippen LogP contribution is -2.07. The van der Waals surface area contributed by atoms with Crippen molar-refractivity contribution in [1.29, 1.82) is 0 Å². The number of hydrogen-bond donors (Lipinski definition) is 1. The van der Waals surface area contributed by atoms with E-state index in [4.69, 9.17) is 5.73 Å². The summed E-state index contributed by atoms with van der Waals surface area (Å²) in [5.41, 5.74) is 6.36. The van der Waals surface area contributed by atoms with Gasteiger partial charge in [-0.05, 0) is 49.6 Å². The lowest BCUT2D eigenvalue weighted by molar-refractivity contribution is -0.137. The molecule has 4 heteroatoms. The Kier molecular flexibility index (Phi) is 3.74. The van der Waals surface area contributed by atoms with Gasteiger partial charge in [0, 0.05) is 0 Å². The molecule has 0 aliphatic rings. The van der Waals surface area contributed by atoms with Crippen molar-refractivity contribution in [1.82, 2.24) is 0 Å². The minimum atomic E-state index is -4.26. The molecule has 0 aliphatic heterocycles. The third kappa shape index (κ3) is 3.23. The number of nitrogens with two attached hydrogens (primary N) is 1. The molecule has 1 nitrogen and oxygen atoms in total. The van der Waals surface area contributed by atoms with Crippen molar-refractivity contribution in [3.8, 4) is 0 Å². The van der Waals surface area contributed by atoms with Crippen LogP contribution >= 0.6 is 0 Å². The van der Waals surface area contributed by atoms with Crippen LogP contribution in [0.25, 0.3) is 0 Å². The average Bonchev–Trinajstić information content (AvgIpc) is 2.15. The monoisotopic (exact) mass is 217 g/mol. The third-order valence-electron chi connectivity index (χ3n) is 2.33. The van der Waals surface area contributed by atoms with Crippen LogP contribution in [0.1, 0.15) is 23.1 Å². The maximum atomic E-state index is 12.4. The summed E-state index contributed by atoms with van der Waals surface area (Å²) < 4.78 is 37.2. The lowest BCUT2D eigenvalue weighted by Gasteiger charge is -2.10. The van der Waals surface area contributed by atoms with E-state index < -0.39 is 11.7 Å². The average molecular weight is 217 g/mol. The van der Waals surface area contributed by atoms with Crippen molar-refractivity contribution in [2.75, 3.05) is 6.54 Å². The molecule has 0 amide bonds. The zero-order chi connectivity index (χ0) is 11.5. The summed E-state index contributed by atoms with van der Waals surface area (Å²) >= 11 is 0. The molecule has 2 N–H and O–H groups in total.